The summed E-state index contributed by atoms with van der Waals surface area (Å²) in [6, 6.07) is 19.4. The summed E-state index contributed by atoms with van der Waals surface area (Å²) >= 11 is 0. The molecule has 2 N–H and O–H groups in total. The van der Waals surface area contributed by atoms with Crippen LogP contribution in [0.5, 0.6) is 0 Å². The second-order valence-corrected chi connectivity index (χ2v) is 9.34. The van der Waals surface area contributed by atoms with E-state index < -0.39 is 15.6 Å². The first-order chi connectivity index (χ1) is 12.9. The Balaban J connectivity index is 0.00000280. The van der Waals surface area contributed by atoms with Gasteiger partial charge in [0, 0.05) is 25.0 Å². The fourth-order valence-corrected chi connectivity index (χ4v) is 4.87. The summed E-state index contributed by atoms with van der Waals surface area (Å²) in [6.07, 6.45) is 1.21. The van der Waals surface area contributed by atoms with E-state index in [1.165, 1.54) is 0 Å². The van der Waals surface area contributed by atoms with Gasteiger partial charge in [0.25, 0.3) is 0 Å². The zero-order valence-electron chi connectivity index (χ0n) is 15.7. The predicted octanol–water partition coefficient (Wildman–Crippen LogP) is 2.41. The third kappa shape index (κ3) is 6.06. The Labute approximate surface area is 173 Å². The Bertz CT molecular complexity index is 860. The largest absolute Gasteiger partial charge is 0.340 e. The summed E-state index contributed by atoms with van der Waals surface area (Å²) in [6.45, 7) is 0.876. The summed E-state index contributed by atoms with van der Waals surface area (Å²) in [5, 5.41) is 0. The second-order valence-electron chi connectivity index (χ2n) is 7.16. The molecule has 0 aliphatic carbocycles. The molecule has 0 unspecified atom stereocenters. The van der Waals surface area contributed by atoms with Gasteiger partial charge < -0.3 is 10.6 Å². The van der Waals surface area contributed by atoms with Crippen molar-refractivity contribution in [2.45, 2.75) is 24.8 Å². The normalized spacial score (nSPS) is 19.2. The van der Waals surface area contributed by atoms with Gasteiger partial charge in [-0.15, -0.1) is 12.4 Å². The standard InChI is InChI=1S/C21H26N2O3S.ClH/c22-20-15-23(14-19(20)18-11-5-2-6-12-18)21(24)16-27(25,26)13-7-10-17-8-3-1-4-9-17;/h1-6,8-9,11-12,19-20H,7,10,13-16,22H2;1H/t19-,20+;/m0./s1. The quantitative estimate of drug-likeness (QED) is 0.742. The Morgan fingerprint density at radius 1 is 1.00 bits per heavy atom. The van der Waals surface area contributed by atoms with Gasteiger partial charge in [-0.3, -0.25) is 4.79 Å². The molecule has 1 fully saturated rings. The van der Waals surface area contributed by atoms with Gasteiger partial charge in [-0.1, -0.05) is 60.7 Å². The molecule has 0 aromatic heterocycles. The number of carbonyl (C=O) groups excluding carboxylic acids is 1. The number of benzene rings is 2. The molecular formula is C21H27ClN2O3S. The number of likely N-dealkylation sites (tertiary alicyclic amines) is 1. The van der Waals surface area contributed by atoms with E-state index in [1.807, 2.05) is 60.7 Å². The molecule has 1 saturated heterocycles. The maximum atomic E-state index is 12.5. The number of sulfone groups is 1. The lowest BCUT2D eigenvalue weighted by Crippen LogP contribution is -2.36. The van der Waals surface area contributed by atoms with Crippen molar-refractivity contribution in [1.82, 2.24) is 4.90 Å². The number of nitrogens with zero attached hydrogens (tertiary/aromatic N) is 1. The molecule has 152 valence electrons. The lowest BCUT2D eigenvalue weighted by Gasteiger charge is -2.16. The zero-order valence-corrected chi connectivity index (χ0v) is 17.4. The number of hydrogen-bond donors (Lipinski definition) is 1. The van der Waals surface area contributed by atoms with Gasteiger partial charge >= 0.3 is 0 Å². The van der Waals surface area contributed by atoms with Gasteiger partial charge in [0.15, 0.2) is 9.84 Å². The number of aryl methyl sites for hydroxylation is 1. The first-order valence-corrected chi connectivity index (χ1v) is 11.1. The van der Waals surface area contributed by atoms with Crippen LogP contribution in [0.4, 0.5) is 0 Å². The van der Waals surface area contributed by atoms with E-state index in [9.17, 15) is 13.2 Å². The number of nitrogens with two attached hydrogens (primary N) is 1. The predicted molar refractivity (Wildman–Crippen MR) is 114 cm³/mol. The average molecular weight is 423 g/mol. The molecule has 28 heavy (non-hydrogen) atoms. The van der Waals surface area contributed by atoms with Crippen molar-refractivity contribution in [2.75, 3.05) is 24.6 Å². The van der Waals surface area contributed by atoms with Crippen LogP contribution < -0.4 is 5.73 Å². The SMILES string of the molecule is Cl.N[C@@H]1CN(C(=O)CS(=O)(=O)CCCc2ccccc2)C[C@H]1c1ccccc1. The molecule has 2 aromatic carbocycles. The van der Waals surface area contributed by atoms with Crippen molar-refractivity contribution < 1.29 is 13.2 Å². The minimum Gasteiger partial charge on any atom is -0.340 e. The van der Waals surface area contributed by atoms with E-state index >= 15 is 0 Å². The van der Waals surface area contributed by atoms with Crippen LogP contribution in [0.2, 0.25) is 0 Å². The molecule has 1 aliphatic heterocycles. The van der Waals surface area contributed by atoms with Crippen LogP contribution >= 0.6 is 12.4 Å². The van der Waals surface area contributed by atoms with Gasteiger partial charge in [0.05, 0.1) is 5.75 Å². The Kier molecular flexibility index (Phi) is 8.04. The van der Waals surface area contributed by atoms with Gasteiger partial charge in [0.1, 0.15) is 5.75 Å². The molecule has 5 nitrogen and oxygen atoms in total. The van der Waals surface area contributed by atoms with E-state index in [2.05, 4.69) is 0 Å². The topological polar surface area (TPSA) is 80.5 Å². The van der Waals surface area contributed by atoms with Crippen LogP contribution in [0.15, 0.2) is 60.7 Å². The average Bonchev–Trinajstić information content (AvgIpc) is 3.05. The highest BCUT2D eigenvalue weighted by atomic mass is 35.5. The van der Waals surface area contributed by atoms with E-state index in [-0.39, 0.29) is 36.0 Å². The van der Waals surface area contributed by atoms with Gasteiger partial charge in [0.2, 0.25) is 5.91 Å². The van der Waals surface area contributed by atoms with E-state index in [0.29, 0.717) is 25.9 Å². The van der Waals surface area contributed by atoms with Crippen LogP contribution in [0.1, 0.15) is 23.5 Å². The minimum atomic E-state index is -3.42. The Hall–Kier alpha value is -1.89. The smallest absolute Gasteiger partial charge is 0.237 e. The number of rotatable bonds is 7. The molecule has 3 rings (SSSR count). The molecule has 2 atom stereocenters. The van der Waals surface area contributed by atoms with Crippen molar-refractivity contribution in [2.24, 2.45) is 5.73 Å². The van der Waals surface area contributed by atoms with E-state index in [0.717, 1.165) is 11.1 Å². The summed E-state index contributed by atoms with van der Waals surface area (Å²) in [7, 11) is -3.42. The highest BCUT2D eigenvalue weighted by molar-refractivity contribution is 7.92. The first kappa shape index (κ1) is 22.4. The fourth-order valence-electron chi connectivity index (χ4n) is 3.58. The molecule has 1 heterocycles. The molecule has 0 spiro atoms. The van der Waals surface area contributed by atoms with Gasteiger partial charge in [-0.05, 0) is 24.0 Å². The molecule has 1 amide bonds. The van der Waals surface area contributed by atoms with E-state index in [4.69, 9.17) is 5.73 Å². The van der Waals surface area contributed by atoms with Gasteiger partial charge in [-0.2, -0.15) is 0 Å². The summed E-state index contributed by atoms with van der Waals surface area (Å²) in [5.74, 6) is -0.703. The molecule has 7 heteroatoms. The molecule has 0 radical (unpaired) electrons. The molecule has 1 aliphatic rings. The molecule has 0 saturated carbocycles. The van der Waals surface area contributed by atoms with E-state index in [1.54, 1.807) is 4.90 Å². The first-order valence-electron chi connectivity index (χ1n) is 9.27. The Morgan fingerprint density at radius 3 is 2.25 bits per heavy atom. The monoisotopic (exact) mass is 422 g/mol. The lowest BCUT2D eigenvalue weighted by molar-refractivity contribution is -0.127. The molecule has 0 bridgehead atoms. The number of amides is 1. The maximum absolute atomic E-state index is 12.5. The third-order valence-corrected chi connectivity index (χ3v) is 6.65. The van der Waals surface area contributed by atoms with Crippen molar-refractivity contribution >= 4 is 28.2 Å². The highest BCUT2D eigenvalue weighted by Crippen LogP contribution is 2.26. The van der Waals surface area contributed by atoms with Crippen LogP contribution in [-0.4, -0.2) is 49.9 Å². The maximum Gasteiger partial charge on any atom is 0.237 e. The van der Waals surface area contributed by atoms with Crippen LogP contribution in [-0.2, 0) is 21.1 Å². The van der Waals surface area contributed by atoms with Crippen molar-refractivity contribution in [1.29, 1.82) is 0 Å². The minimum absolute atomic E-state index is 0. The lowest BCUT2D eigenvalue weighted by atomic mass is 9.95. The summed E-state index contributed by atoms with van der Waals surface area (Å²) in [5.41, 5.74) is 8.40. The van der Waals surface area contributed by atoms with Crippen molar-refractivity contribution in [3.63, 3.8) is 0 Å². The van der Waals surface area contributed by atoms with Crippen LogP contribution in [0.25, 0.3) is 0 Å². The van der Waals surface area contributed by atoms with Crippen molar-refractivity contribution in [3.8, 4) is 0 Å². The third-order valence-electron chi connectivity index (χ3n) is 5.05. The van der Waals surface area contributed by atoms with Crippen LogP contribution in [0, 0.1) is 0 Å². The second kappa shape index (κ2) is 10.0. The Morgan fingerprint density at radius 2 is 1.61 bits per heavy atom. The van der Waals surface area contributed by atoms with Gasteiger partial charge in [-0.25, -0.2) is 8.42 Å². The number of carbonyl (C=O) groups is 1. The summed E-state index contributed by atoms with van der Waals surface area (Å²) in [4.78, 5) is 14.1. The highest BCUT2D eigenvalue weighted by Gasteiger charge is 2.35. The molecule has 2 aromatic rings. The number of hydrogen-bond acceptors (Lipinski definition) is 4. The summed E-state index contributed by atoms with van der Waals surface area (Å²) < 4.78 is 24.7. The van der Waals surface area contributed by atoms with Crippen molar-refractivity contribution in [3.05, 3.63) is 71.8 Å². The fraction of sp³-hybridized carbons (Fsp3) is 0.381. The molecular weight excluding hydrogens is 396 g/mol. The zero-order chi connectivity index (χ0) is 19.3. The van der Waals surface area contributed by atoms with Crippen LogP contribution in [0.3, 0.4) is 0 Å². The number of halogens is 1.